The highest BCUT2D eigenvalue weighted by molar-refractivity contribution is 6.62. The maximum Gasteiger partial charge on any atom is 0.316 e. The number of aryl methyl sites for hydroxylation is 2. The zero-order valence-electron chi connectivity index (χ0n) is 24.7. The van der Waals surface area contributed by atoms with Gasteiger partial charge >= 0.3 is 5.37 Å². The molecule has 2 aromatic carbocycles. The molecule has 4 aliphatic rings. The van der Waals surface area contributed by atoms with Gasteiger partial charge in [-0.05, 0) is 148 Å². The Morgan fingerprint density at radius 1 is 0.732 bits per heavy atom. The average molecular weight is 620 g/mol. The number of nitrogens with zero attached hydrogens (tertiary/aromatic N) is 3. The summed E-state index contributed by atoms with van der Waals surface area (Å²) in [6.45, 7) is 15.1. The van der Waals surface area contributed by atoms with E-state index in [0.29, 0.717) is 10.8 Å². The number of piperidine rings is 2. The molecule has 0 unspecified atom stereocenters. The lowest BCUT2D eigenvalue weighted by molar-refractivity contribution is 0.129. The van der Waals surface area contributed by atoms with Gasteiger partial charge in [0.2, 0.25) is 0 Å². The molecule has 0 bridgehead atoms. The number of nitrogens with one attached hydrogen (secondary N) is 1. The van der Waals surface area contributed by atoms with E-state index in [4.69, 9.17) is 34.8 Å². The summed E-state index contributed by atoms with van der Waals surface area (Å²) in [5, 5.41) is 4.84. The molecule has 6 rings (SSSR count). The van der Waals surface area contributed by atoms with Crippen LogP contribution in [0, 0.1) is 24.7 Å². The molecule has 0 saturated carbocycles. The molecule has 2 aromatic rings. The summed E-state index contributed by atoms with van der Waals surface area (Å²) in [5.41, 5.74) is 6.33. The first-order chi connectivity index (χ1) is 19.6. The molecule has 224 valence electrons. The van der Waals surface area contributed by atoms with Crippen molar-refractivity contribution in [3.63, 3.8) is 0 Å². The minimum absolute atomic E-state index is 0.306. The smallest absolute Gasteiger partial charge is 0.316 e. The van der Waals surface area contributed by atoms with E-state index in [-0.39, 0.29) is 5.37 Å². The van der Waals surface area contributed by atoms with Crippen LogP contribution in [0.25, 0.3) is 0 Å². The second-order valence-corrected chi connectivity index (χ2v) is 14.2. The fourth-order valence-corrected chi connectivity index (χ4v) is 7.92. The lowest BCUT2D eigenvalue weighted by Crippen LogP contribution is -2.42. The number of benzene rings is 2. The first-order valence-corrected chi connectivity index (χ1v) is 16.4. The molecule has 0 aliphatic carbocycles. The second kappa shape index (κ2) is 13.5. The number of rotatable bonds is 4. The third-order valence-electron chi connectivity index (χ3n) is 10.2. The minimum Gasteiger partial charge on any atom is -0.329 e. The van der Waals surface area contributed by atoms with Crippen LogP contribution in [0.1, 0.15) is 60.8 Å². The van der Waals surface area contributed by atoms with Crippen molar-refractivity contribution in [1.82, 2.24) is 20.0 Å². The van der Waals surface area contributed by atoms with E-state index in [2.05, 4.69) is 53.2 Å². The Kier molecular flexibility index (Phi) is 10.3. The Morgan fingerprint density at radius 2 is 1.17 bits per heavy atom. The van der Waals surface area contributed by atoms with Gasteiger partial charge in [-0.25, -0.2) is 0 Å². The van der Waals surface area contributed by atoms with Crippen molar-refractivity contribution in [2.24, 2.45) is 10.8 Å². The van der Waals surface area contributed by atoms with E-state index >= 15 is 0 Å². The third-order valence-corrected chi connectivity index (χ3v) is 10.9. The number of halogens is 3. The molecule has 0 radical (unpaired) electrons. The molecule has 1 N–H and O–H groups in total. The second-order valence-electron chi connectivity index (χ2n) is 13.1. The monoisotopic (exact) mass is 618 g/mol. The van der Waals surface area contributed by atoms with E-state index in [1.54, 1.807) is 4.90 Å². The summed E-state index contributed by atoms with van der Waals surface area (Å²) >= 11 is 17.8. The van der Waals surface area contributed by atoms with Crippen molar-refractivity contribution in [2.75, 3.05) is 52.4 Å². The zero-order valence-corrected chi connectivity index (χ0v) is 26.9. The number of hydrogen-bond donors (Lipinski definition) is 1. The fraction of sp³-hybridized carbons (Fsp3) is 0.606. The number of carbonyl (C=O) groups is 1. The SMILES string of the molecule is Cc1ccc(Cl)cc1CN1CCC2(CCN(C(=O)Cl)CC2)C1.Cc1ccc(Cl)cc1CN1CCC2(CCNCC2)C1. The highest BCUT2D eigenvalue weighted by Crippen LogP contribution is 2.41. The maximum atomic E-state index is 11.2. The topological polar surface area (TPSA) is 38.8 Å². The van der Waals surface area contributed by atoms with Crippen molar-refractivity contribution in [2.45, 2.75) is 65.5 Å². The first kappa shape index (κ1) is 31.1. The molecular weight excluding hydrogens is 575 g/mol. The van der Waals surface area contributed by atoms with Crippen molar-refractivity contribution < 1.29 is 4.79 Å². The van der Waals surface area contributed by atoms with Gasteiger partial charge < -0.3 is 10.2 Å². The van der Waals surface area contributed by atoms with E-state index in [9.17, 15) is 4.79 Å². The highest BCUT2D eigenvalue weighted by Gasteiger charge is 2.41. The van der Waals surface area contributed by atoms with Crippen molar-refractivity contribution in [3.05, 3.63) is 68.7 Å². The Morgan fingerprint density at radius 3 is 1.63 bits per heavy atom. The first-order valence-electron chi connectivity index (χ1n) is 15.2. The van der Waals surface area contributed by atoms with Crippen molar-refractivity contribution >= 4 is 40.2 Å². The van der Waals surface area contributed by atoms with E-state index < -0.39 is 0 Å². The molecule has 0 aromatic heterocycles. The Labute approximate surface area is 261 Å². The van der Waals surface area contributed by atoms with Crippen LogP contribution in [0.15, 0.2) is 36.4 Å². The normalized spacial score (nSPS) is 22.2. The van der Waals surface area contributed by atoms with Gasteiger partial charge in [0.05, 0.1) is 0 Å². The van der Waals surface area contributed by atoms with Gasteiger partial charge in [-0.3, -0.25) is 14.6 Å². The van der Waals surface area contributed by atoms with E-state index in [1.807, 2.05) is 12.1 Å². The largest absolute Gasteiger partial charge is 0.329 e. The number of likely N-dealkylation sites (tertiary alicyclic amines) is 3. The molecule has 5 nitrogen and oxygen atoms in total. The van der Waals surface area contributed by atoms with Crippen LogP contribution in [0.3, 0.4) is 0 Å². The molecule has 4 aliphatic heterocycles. The van der Waals surface area contributed by atoms with Crippen molar-refractivity contribution in [1.29, 1.82) is 0 Å². The summed E-state index contributed by atoms with van der Waals surface area (Å²) in [4.78, 5) is 18.1. The van der Waals surface area contributed by atoms with Crippen LogP contribution in [0.4, 0.5) is 4.79 Å². The van der Waals surface area contributed by atoms with Gasteiger partial charge in [0.1, 0.15) is 0 Å². The number of carbonyl (C=O) groups excluding carboxylic acids is 1. The zero-order chi connectivity index (χ0) is 29.0. The summed E-state index contributed by atoms with van der Waals surface area (Å²) in [5.74, 6) is 0. The van der Waals surface area contributed by atoms with Gasteiger partial charge in [0, 0.05) is 49.3 Å². The third kappa shape index (κ3) is 7.99. The Hall–Kier alpha value is -1.34. The minimum atomic E-state index is -0.306. The van der Waals surface area contributed by atoms with Gasteiger partial charge in [-0.1, -0.05) is 35.3 Å². The van der Waals surface area contributed by atoms with E-state index in [1.165, 1.54) is 74.1 Å². The Bertz CT molecular complexity index is 1210. The predicted molar refractivity (Wildman–Crippen MR) is 171 cm³/mol. The molecular formula is C33H45Cl3N4O. The molecule has 0 atom stereocenters. The average Bonchev–Trinajstić information content (AvgIpc) is 3.52. The molecule has 8 heteroatoms. The molecule has 2 spiro atoms. The summed E-state index contributed by atoms with van der Waals surface area (Å²) in [6.07, 6.45) is 7.41. The van der Waals surface area contributed by atoms with Crippen LogP contribution in [-0.4, -0.2) is 72.4 Å². The van der Waals surface area contributed by atoms with E-state index in [0.717, 1.165) is 62.2 Å². The van der Waals surface area contributed by atoms with Gasteiger partial charge in [0.15, 0.2) is 0 Å². The molecule has 4 fully saturated rings. The highest BCUT2D eigenvalue weighted by atomic mass is 35.5. The predicted octanol–water partition coefficient (Wildman–Crippen LogP) is 7.52. The molecule has 41 heavy (non-hydrogen) atoms. The fourth-order valence-electron chi connectivity index (χ4n) is 7.36. The molecule has 4 heterocycles. The standard InChI is InChI=1S/C17H22Cl2N2O.C16H23ClN2/c1-13-2-3-15(18)10-14(13)11-20-7-4-17(12-20)5-8-21(9-6-17)16(19)22;1-13-2-3-15(17)10-14(13)11-19-9-6-16(12-19)4-7-18-8-5-16/h2-3,10H,4-9,11-12H2,1H3;2-3,10,18H,4-9,11-12H2,1H3. The van der Waals surface area contributed by atoms with Crippen molar-refractivity contribution in [3.8, 4) is 0 Å². The van der Waals surface area contributed by atoms with Gasteiger partial charge in [-0.2, -0.15) is 0 Å². The number of amides is 1. The summed E-state index contributed by atoms with van der Waals surface area (Å²) in [6, 6.07) is 12.4. The lowest BCUT2D eigenvalue weighted by atomic mass is 9.78. The van der Waals surface area contributed by atoms with Gasteiger partial charge in [-0.15, -0.1) is 0 Å². The Balaban J connectivity index is 0.000000166. The van der Waals surface area contributed by atoms with Gasteiger partial charge in [0.25, 0.3) is 0 Å². The molecule has 4 saturated heterocycles. The lowest BCUT2D eigenvalue weighted by Gasteiger charge is -2.38. The van der Waals surface area contributed by atoms with Crippen LogP contribution >= 0.6 is 34.8 Å². The van der Waals surface area contributed by atoms with Crippen LogP contribution < -0.4 is 5.32 Å². The maximum absolute atomic E-state index is 11.2. The molecule has 1 amide bonds. The van der Waals surface area contributed by atoms with Crippen LogP contribution in [0.5, 0.6) is 0 Å². The van der Waals surface area contributed by atoms with Crippen LogP contribution in [-0.2, 0) is 13.1 Å². The quantitative estimate of drug-likeness (QED) is 0.284. The van der Waals surface area contributed by atoms with Crippen LogP contribution in [0.2, 0.25) is 10.0 Å². The summed E-state index contributed by atoms with van der Waals surface area (Å²) in [7, 11) is 0. The number of hydrogen-bond acceptors (Lipinski definition) is 4. The summed E-state index contributed by atoms with van der Waals surface area (Å²) < 4.78 is 0.